The molecule has 0 fully saturated rings. The minimum atomic E-state index is 0.691. The zero-order chi connectivity index (χ0) is 37.7. The Hall–Kier alpha value is -7.62. The molecule has 0 aliphatic carbocycles. The smallest absolute Gasteiger partial charge is 0.160 e. The van der Waals surface area contributed by atoms with Crippen molar-refractivity contribution in [2.24, 2.45) is 0 Å². The van der Waals surface area contributed by atoms with Gasteiger partial charge in [-0.25, -0.2) is 9.97 Å². The van der Waals surface area contributed by atoms with E-state index in [9.17, 15) is 0 Å². The van der Waals surface area contributed by atoms with Gasteiger partial charge in [-0.3, -0.25) is 0 Å². The van der Waals surface area contributed by atoms with Gasteiger partial charge in [0, 0.05) is 33.0 Å². The maximum Gasteiger partial charge on any atom is 0.160 e. The van der Waals surface area contributed by atoms with E-state index in [-0.39, 0.29) is 0 Å². The van der Waals surface area contributed by atoms with Gasteiger partial charge < -0.3 is 4.57 Å². The normalized spacial score (nSPS) is 11.5. The van der Waals surface area contributed by atoms with Crippen LogP contribution in [-0.2, 0) is 0 Å². The summed E-state index contributed by atoms with van der Waals surface area (Å²) in [7, 11) is 0. The largest absolute Gasteiger partial charge is 0.309 e. The second-order valence-corrected chi connectivity index (χ2v) is 14.6. The summed E-state index contributed by atoms with van der Waals surface area (Å²) in [5, 5.41) is 5.97. The number of para-hydroxylation sites is 1. The van der Waals surface area contributed by atoms with Gasteiger partial charge in [-0.15, -0.1) is 0 Å². The van der Waals surface area contributed by atoms with E-state index in [1.54, 1.807) is 0 Å². The van der Waals surface area contributed by atoms with Crippen LogP contribution in [0.1, 0.15) is 0 Å². The van der Waals surface area contributed by atoms with Gasteiger partial charge in [0.25, 0.3) is 0 Å². The Morgan fingerprint density at radius 2 is 0.842 bits per heavy atom. The maximum absolute atomic E-state index is 5.39. The van der Waals surface area contributed by atoms with Crippen molar-refractivity contribution < 1.29 is 0 Å². The first-order valence-electron chi connectivity index (χ1n) is 19.4. The molecule has 0 saturated heterocycles. The van der Waals surface area contributed by atoms with E-state index in [2.05, 4.69) is 217 Å². The summed E-state index contributed by atoms with van der Waals surface area (Å²) < 4.78 is 2.37. The van der Waals surface area contributed by atoms with Gasteiger partial charge in [0.05, 0.1) is 22.2 Å². The Labute approximate surface area is 330 Å². The molecule has 9 aromatic carbocycles. The highest BCUT2D eigenvalue weighted by Gasteiger charge is 2.18. The molecule has 0 atom stereocenters. The van der Waals surface area contributed by atoms with Gasteiger partial charge in [0.15, 0.2) is 5.82 Å². The van der Waals surface area contributed by atoms with Crippen LogP contribution in [0, 0.1) is 0 Å². The van der Waals surface area contributed by atoms with E-state index >= 15 is 0 Å². The van der Waals surface area contributed by atoms with Crippen LogP contribution in [0.2, 0.25) is 0 Å². The number of rotatable bonds is 6. The lowest BCUT2D eigenvalue weighted by atomic mass is 9.91. The van der Waals surface area contributed by atoms with Crippen LogP contribution in [0.3, 0.4) is 0 Å². The van der Waals surface area contributed by atoms with Crippen molar-refractivity contribution in [1.29, 1.82) is 0 Å². The molecule has 2 heterocycles. The molecule has 11 aromatic rings. The quantitative estimate of drug-likeness (QED) is 0.171. The molecule has 11 rings (SSSR count). The van der Waals surface area contributed by atoms with Crippen molar-refractivity contribution in [2.75, 3.05) is 0 Å². The average Bonchev–Trinajstić information content (AvgIpc) is 3.61. The van der Waals surface area contributed by atoms with E-state index in [4.69, 9.17) is 9.97 Å². The lowest BCUT2D eigenvalue weighted by Crippen LogP contribution is -1.98. The zero-order valence-electron chi connectivity index (χ0n) is 31.0. The number of aromatic nitrogens is 3. The highest BCUT2D eigenvalue weighted by atomic mass is 15.0. The maximum atomic E-state index is 5.39. The number of hydrogen-bond donors (Lipinski definition) is 0. The molecule has 0 radical (unpaired) electrons. The molecule has 0 amide bonds. The fourth-order valence-electron chi connectivity index (χ4n) is 8.38. The SMILES string of the molecule is c1ccc(-c2ccc(-c3nc(-c4ccc(-n5c6ccccc6c6cc7ccccc7cc65)cc4)nc4cc(-c5ccccc5)c(-c5ccccc5)cc34)cc2)cc1. The van der Waals surface area contributed by atoms with Crippen LogP contribution < -0.4 is 0 Å². The first-order chi connectivity index (χ1) is 28.2. The standard InChI is InChI=1S/C54H35N3/c1-4-14-36(15-5-1)37-24-26-40(27-25-37)53-49-34-46(38-16-6-2-7-17-38)47(39-18-8-3-9-19-39)35-50(49)55-54(56-53)41-28-30-44(31-29-41)57-51-23-13-12-22-45(51)48-32-42-20-10-11-21-43(42)33-52(48)57/h1-35H. The van der Waals surface area contributed by atoms with Crippen molar-refractivity contribution in [2.45, 2.75) is 0 Å². The molecule has 266 valence electrons. The minimum absolute atomic E-state index is 0.691. The molecule has 0 unspecified atom stereocenters. The number of nitrogens with zero attached hydrogens (tertiary/aromatic N) is 3. The van der Waals surface area contributed by atoms with E-state index < -0.39 is 0 Å². The predicted molar refractivity (Wildman–Crippen MR) is 239 cm³/mol. The van der Waals surface area contributed by atoms with Crippen molar-refractivity contribution in [3.8, 4) is 61.7 Å². The van der Waals surface area contributed by atoms with Crippen molar-refractivity contribution in [3.63, 3.8) is 0 Å². The molecule has 3 nitrogen and oxygen atoms in total. The van der Waals surface area contributed by atoms with Crippen LogP contribution in [0.25, 0.3) is 105 Å². The zero-order valence-corrected chi connectivity index (χ0v) is 31.0. The molecular weight excluding hydrogens is 691 g/mol. The molecule has 3 heteroatoms. The summed E-state index contributed by atoms with van der Waals surface area (Å²) >= 11 is 0. The highest BCUT2D eigenvalue weighted by Crippen LogP contribution is 2.40. The number of benzene rings is 9. The molecular formula is C54H35N3. The average molecular weight is 726 g/mol. The lowest BCUT2D eigenvalue weighted by Gasteiger charge is -2.16. The molecule has 2 aromatic heterocycles. The van der Waals surface area contributed by atoms with E-state index in [0.29, 0.717) is 5.82 Å². The first kappa shape index (κ1) is 32.8. The third kappa shape index (κ3) is 5.76. The summed E-state index contributed by atoms with van der Waals surface area (Å²) in [6.45, 7) is 0. The number of fused-ring (bicyclic) bond motifs is 5. The summed E-state index contributed by atoms with van der Waals surface area (Å²) in [5.41, 5.74) is 14.2. The predicted octanol–water partition coefficient (Wildman–Crippen LogP) is 14.2. The third-order valence-corrected chi connectivity index (χ3v) is 11.2. The Kier molecular flexibility index (Phi) is 7.82. The molecule has 0 aliphatic rings. The highest BCUT2D eigenvalue weighted by molar-refractivity contribution is 6.13. The Morgan fingerprint density at radius 1 is 0.316 bits per heavy atom. The molecule has 0 saturated carbocycles. The summed E-state index contributed by atoms with van der Waals surface area (Å²) in [5.74, 6) is 0.691. The van der Waals surface area contributed by atoms with Crippen LogP contribution in [0.15, 0.2) is 212 Å². The molecule has 0 spiro atoms. The lowest BCUT2D eigenvalue weighted by molar-refractivity contribution is 1.17. The fraction of sp³-hybridized carbons (Fsp3) is 0. The Bertz CT molecular complexity index is 3240. The monoisotopic (exact) mass is 725 g/mol. The van der Waals surface area contributed by atoms with Crippen LogP contribution in [0.4, 0.5) is 0 Å². The number of hydrogen-bond acceptors (Lipinski definition) is 2. The fourth-order valence-corrected chi connectivity index (χ4v) is 8.38. The van der Waals surface area contributed by atoms with Gasteiger partial charge >= 0.3 is 0 Å². The minimum Gasteiger partial charge on any atom is -0.309 e. The Morgan fingerprint density at radius 3 is 1.53 bits per heavy atom. The molecule has 0 N–H and O–H groups in total. The molecule has 0 bridgehead atoms. The van der Waals surface area contributed by atoms with Crippen molar-refractivity contribution in [1.82, 2.24) is 14.5 Å². The second-order valence-electron chi connectivity index (χ2n) is 14.6. The van der Waals surface area contributed by atoms with Gasteiger partial charge in [0.1, 0.15) is 0 Å². The van der Waals surface area contributed by atoms with Crippen molar-refractivity contribution >= 4 is 43.5 Å². The van der Waals surface area contributed by atoms with Gasteiger partial charge in [0.2, 0.25) is 0 Å². The van der Waals surface area contributed by atoms with Gasteiger partial charge in [-0.05, 0) is 98.8 Å². The second kappa shape index (κ2) is 13.6. The van der Waals surface area contributed by atoms with E-state index in [1.807, 2.05) is 0 Å². The summed E-state index contributed by atoms with van der Waals surface area (Å²) in [6, 6.07) is 75.7. The summed E-state index contributed by atoms with van der Waals surface area (Å²) in [4.78, 5) is 10.7. The topological polar surface area (TPSA) is 30.7 Å². The molecule has 57 heavy (non-hydrogen) atoms. The van der Waals surface area contributed by atoms with E-state index in [0.717, 1.165) is 55.7 Å². The molecule has 0 aliphatic heterocycles. The first-order valence-corrected chi connectivity index (χ1v) is 19.4. The van der Waals surface area contributed by atoms with Gasteiger partial charge in [-0.2, -0.15) is 0 Å². The summed E-state index contributed by atoms with van der Waals surface area (Å²) in [6.07, 6.45) is 0. The van der Waals surface area contributed by atoms with Crippen LogP contribution in [-0.4, -0.2) is 14.5 Å². The van der Waals surface area contributed by atoms with Crippen LogP contribution >= 0.6 is 0 Å². The Balaban J connectivity index is 1.10. The van der Waals surface area contributed by atoms with E-state index in [1.165, 1.54) is 43.7 Å². The van der Waals surface area contributed by atoms with Gasteiger partial charge in [-0.1, -0.05) is 158 Å². The van der Waals surface area contributed by atoms with Crippen molar-refractivity contribution in [3.05, 3.63) is 212 Å². The third-order valence-electron chi connectivity index (χ3n) is 11.2. The van der Waals surface area contributed by atoms with Crippen LogP contribution in [0.5, 0.6) is 0 Å².